The molecule has 0 radical (unpaired) electrons. The van der Waals surface area contributed by atoms with Crippen LogP contribution in [0.15, 0.2) is 41.1 Å². The maximum Gasteiger partial charge on any atom is 0.123 e. The van der Waals surface area contributed by atoms with Crippen LogP contribution >= 0.6 is 27.5 Å². The van der Waals surface area contributed by atoms with Gasteiger partial charge in [0.1, 0.15) is 5.82 Å². The molecule has 0 aliphatic carbocycles. The summed E-state index contributed by atoms with van der Waals surface area (Å²) in [7, 11) is 0. The zero-order valence-corrected chi connectivity index (χ0v) is 14.1. The number of halogens is 3. The molecule has 0 bridgehead atoms. The Kier molecular flexibility index (Phi) is 6.15. The highest BCUT2D eigenvalue weighted by atomic mass is 79.9. The Bertz CT molecular complexity index is 607. The molecule has 2 aromatic rings. The smallest absolute Gasteiger partial charge is 0.123 e. The molecule has 2 rings (SSSR count). The maximum atomic E-state index is 13.5. The van der Waals surface area contributed by atoms with Crippen LogP contribution in [0.2, 0.25) is 5.02 Å². The molecule has 0 saturated heterocycles. The molecule has 21 heavy (non-hydrogen) atoms. The molecule has 1 heterocycles. The Balaban J connectivity index is 2.28. The summed E-state index contributed by atoms with van der Waals surface area (Å²) in [4.78, 5) is 4.02. The molecule has 2 nitrogen and oxygen atoms in total. The van der Waals surface area contributed by atoms with Gasteiger partial charge < -0.3 is 5.32 Å². The summed E-state index contributed by atoms with van der Waals surface area (Å²) in [6.45, 7) is 2.98. The van der Waals surface area contributed by atoms with Crippen molar-refractivity contribution in [3.8, 4) is 0 Å². The van der Waals surface area contributed by atoms with Crippen LogP contribution in [0.5, 0.6) is 0 Å². The number of hydrogen-bond donors (Lipinski definition) is 1. The van der Waals surface area contributed by atoms with Crippen molar-refractivity contribution in [3.63, 3.8) is 0 Å². The van der Waals surface area contributed by atoms with E-state index in [4.69, 9.17) is 11.6 Å². The highest BCUT2D eigenvalue weighted by molar-refractivity contribution is 9.10. The number of benzene rings is 1. The highest BCUT2D eigenvalue weighted by Gasteiger charge is 2.16. The van der Waals surface area contributed by atoms with Crippen LogP contribution in [0.1, 0.15) is 30.5 Å². The summed E-state index contributed by atoms with van der Waals surface area (Å²) >= 11 is 9.73. The van der Waals surface area contributed by atoms with Crippen molar-refractivity contribution in [2.45, 2.75) is 25.8 Å². The van der Waals surface area contributed by atoms with Crippen LogP contribution in [0, 0.1) is 5.82 Å². The molecule has 1 unspecified atom stereocenters. The van der Waals surface area contributed by atoms with Gasteiger partial charge in [0.25, 0.3) is 0 Å². The predicted molar refractivity (Wildman–Crippen MR) is 88.1 cm³/mol. The number of nitrogens with one attached hydrogen (secondary N) is 1. The Hall–Kier alpha value is -0.970. The average molecular weight is 372 g/mol. The SMILES string of the molecule is CCCNC(Cc1cc(F)ccc1Br)c1ccncc1Cl. The third kappa shape index (κ3) is 4.50. The Morgan fingerprint density at radius 1 is 1.38 bits per heavy atom. The van der Waals surface area contributed by atoms with Gasteiger partial charge in [0.15, 0.2) is 0 Å². The molecule has 0 amide bonds. The van der Waals surface area contributed by atoms with E-state index >= 15 is 0 Å². The molecule has 1 atom stereocenters. The van der Waals surface area contributed by atoms with Crippen molar-refractivity contribution < 1.29 is 4.39 Å². The first kappa shape index (κ1) is 16.4. The molecular formula is C16H17BrClFN2. The quantitative estimate of drug-likeness (QED) is 0.779. The molecule has 1 N–H and O–H groups in total. The third-order valence-corrected chi connectivity index (χ3v) is 4.34. The monoisotopic (exact) mass is 370 g/mol. The van der Waals surface area contributed by atoms with Crippen LogP contribution < -0.4 is 5.32 Å². The minimum absolute atomic E-state index is 0.0264. The van der Waals surface area contributed by atoms with Gasteiger partial charge in [-0.2, -0.15) is 0 Å². The van der Waals surface area contributed by atoms with E-state index in [1.54, 1.807) is 24.5 Å². The lowest BCUT2D eigenvalue weighted by molar-refractivity contribution is 0.526. The van der Waals surface area contributed by atoms with Gasteiger partial charge in [0.05, 0.1) is 5.02 Å². The van der Waals surface area contributed by atoms with Crippen LogP contribution in [0.25, 0.3) is 0 Å². The van der Waals surface area contributed by atoms with Gasteiger partial charge in [0, 0.05) is 22.9 Å². The summed E-state index contributed by atoms with van der Waals surface area (Å²) in [5.41, 5.74) is 1.90. The number of hydrogen-bond acceptors (Lipinski definition) is 2. The number of nitrogens with zero attached hydrogens (tertiary/aromatic N) is 1. The van der Waals surface area contributed by atoms with E-state index in [-0.39, 0.29) is 11.9 Å². The van der Waals surface area contributed by atoms with E-state index in [9.17, 15) is 4.39 Å². The molecular weight excluding hydrogens is 355 g/mol. The Labute approximate surface area is 137 Å². The van der Waals surface area contributed by atoms with E-state index in [2.05, 4.69) is 33.2 Å². The van der Waals surface area contributed by atoms with Gasteiger partial charge in [-0.05, 0) is 54.8 Å². The van der Waals surface area contributed by atoms with Crippen molar-refractivity contribution in [3.05, 3.63) is 63.1 Å². The fourth-order valence-corrected chi connectivity index (χ4v) is 2.86. The highest BCUT2D eigenvalue weighted by Crippen LogP contribution is 2.28. The fraction of sp³-hybridized carbons (Fsp3) is 0.312. The van der Waals surface area contributed by atoms with Crippen LogP contribution in [0.4, 0.5) is 4.39 Å². The van der Waals surface area contributed by atoms with Crippen molar-refractivity contribution in [1.29, 1.82) is 0 Å². The summed E-state index contributed by atoms with van der Waals surface area (Å²) in [5.74, 6) is -0.233. The normalized spacial score (nSPS) is 12.4. The van der Waals surface area contributed by atoms with E-state index in [0.717, 1.165) is 28.6 Å². The molecule has 112 valence electrons. The zero-order valence-electron chi connectivity index (χ0n) is 11.7. The first-order valence-corrected chi connectivity index (χ1v) is 8.05. The minimum atomic E-state index is -0.233. The predicted octanol–water partition coefficient (Wildman–Crippen LogP) is 4.92. The van der Waals surface area contributed by atoms with E-state index in [1.807, 2.05) is 6.07 Å². The Morgan fingerprint density at radius 3 is 2.90 bits per heavy atom. The number of pyridine rings is 1. The van der Waals surface area contributed by atoms with E-state index in [1.165, 1.54) is 6.07 Å². The van der Waals surface area contributed by atoms with Crippen molar-refractivity contribution in [2.75, 3.05) is 6.54 Å². The largest absolute Gasteiger partial charge is 0.310 e. The molecule has 1 aromatic heterocycles. The van der Waals surface area contributed by atoms with Gasteiger partial charge in [0.2, 0.25) is 0 Å². The Morgan fingerprint density at radius 2 is 2.19 bits per heavy atom. The summed E-state index contributed by atoms with van der Waals surface area (Å²) < 4.78 is 14.4. The average Bonchev–Trinajstić information content (AvgIpc) is 2.48. The zero-order chi connectivity index (χ0) is 15.2. The third-order valence-electron chi connectivity index (χ3n) is 3.25. The molecule has 5 heteroatoms. The van der Waals surface area contributed by atoms with E-state index < -0.39 is 0 Å². The molecule has 0 aliphatic rings. The van der Waals surface area contributed by atoms with E-state index in [0.29, 0.717) is 11.4 Å². The lowest BCUT2D eigenvalue weighted by Crippen LogP contribution is -2.24. The summed E-state index contributed by atoms with van der Waals surface area (Å²) in [5, 5.41) is 4.09. The lowest BCUT2D eigenvalue weighted by atomic mass is 9.99. The summed E-state index contributed by atoms with van der Waals surface area (Å²) in [6.07, 6.45) is 5.03. The van der Waals surface area contributed by atoms with Crippen molar-refractivity contribution >= 4 is 27.5 Å². The molecule has 0 fully saturated rings. The van der Waals surface area contributed by atoms with Crippen LogP contribution in [0.3, 0.4) is 0 Å². The molecule has 0 saturated carbocycles. The summed E-state index contributed by atoms with van der Waals surface area (Å²) in [6, 6.07) is 6.67. The van der Waals surface area contributed by atoms with Crippen molar-refractivity contribution in [2.24, 2.45) is 0 Å². The van der Waals surface area contributed by atoms with Gasteiger partial charge in [-0.3, -0.25) is 4.98 Å². The van der Waals surface area contributed by atoms with Gasteiger partial charge in [-0.15, -0.1) is 0 Å². The van der Waals surface area contributed by atoms with Crippen LogP contribution in [-0.2, 0) is 6.42 Å². The fourth-order valence-electron chi connectivity index (χ4n) is 2.20. The maximum absolute atomic E-state index is 13.5. The number of aromatic nitrogens is 1. The van der Waals surface area contributed by atoms with Crippen molar-refractivity contribution in [1.82, 2.24) is 10.3 Å². The molecule has 1 aromatic carbocycles. The van der Waals surface area contributed by atoms with Gasteiger partial charge in [-0.25, -0.2) is 4.39 Å². The second kappa shape index (κ2) is 7.87. The van der Waals surface area contributed by atoms with Gasteiger partial charge >= 0.3 is 0 Å². The topological polar surface area (TPSA) is 24.9 Å². The second-order valence-electron chi connectivity index (χ2n) is 4.84. The standard InChI is InChI=1S/C16H17BrClFN2/c1-2-6-21-16(13-5-7-20-10-15(13)18)9-11-8-12(19)3-4-14(11)17/h3-5,7-8,10,16,21H,2,6,9H2,1H3. The minimum Gasteiger partial charge on any atom is -0.310 e. The molecule has 0 spiro atoms. The first-order chi connectivity index (χ1) is 10.1. The molecule has 0 aliphatic heterocycles. The number of rotatable bonds is 6. The van der Waals surface area contributed by atoms with Gasteiger partial charge in [-0.1, -0.05) is 34.5 Å². The first-order valence-electron chi connectivity index (χ1n) is 6.88. The lowest BCUT2D eigenvalue weighted by Gasteiger charge is -2.20. The van der Waals surface area contributed by atoms with Crippen LogP contribution in [-0.4, -0.2) is 11.5 Å². The second-order valence-corrected chi connectivity index (χ2v) is 6.11.